The highest BCUT2D eigenvalue weighted by Gasteiger charge is 2.13. The average Bonchev–Trinajstić information content (AvgIpc) is 2.17. The van der Waals surface area contributed by atoms with E-state index in [2.05, 4.69) is 4.98 Å². The SMILES string of the molecule is COc1ccnc([C@H](O)CC(=O)O)c1. The van der Waals surface area contributed by atoms with Crippen LogP contribution in [0.2, 0.25) is 0 Å². The van der Waals surface area contributed by atoms with Gasteiger partial charge in [-0.3, -0.25) is 9.78 Å². The maximum absolute atomic E-state index is 10.3. The van der Waals surface area contributed by atoms with Gasteiger partial charge in [-0.2, -0.15) is 0 Å². The fourth-order valence-corrected chi connectivity index (χ4v) is 1.01. The molecule has 1 aromatic rings. The molecule has 0 aliphatic rings. The minimum absolute atomic E-state index is 0.298. The number of hydrogen-bond acceptors (Lipinski definition) is 4. The van der Waals surface area contributed by atoms with E-state index in [0.29, 0.717) is 11.4 Å². The van der Waals surface area contributed by atoms with Crippen LogP contribution in [-0.4, -0.2) is 28.3 Å². The summed E-state index contributed by atoms with van der Waals surface area (Å²) >= 11 is 0. The normalized spacial score (nSPS) is 12.1. The second-order valence-corrected chi connectivity index (χ2v) is 2.73. The summed E-state index contributed by atoms with van der Waals surface area (Å²) in [5.41, 5.74) is 0.298. The Labute approximate surface area is 81.0 Å². The Morgan fingerprint density at radius 3 is 3.00 bits per heavy atom. The van der Waals surface area contributed by atoms with E-state index in [1.807, 2.05) is 0 Å². The Balaban J connectivity index is 2.78. The van der Waals surface area contributed by atoms with Crippen molar-refractivity contribution in [1.82, 2.24) is 4.98 Å². The van der Waals surface area contributed by atoms with Crippen LogP contribution >= 0.6 is 0 Å². The third-order valence-electron chi connectivity index (χ3n) is 1.70. The Hall–Kier alpha value is -1.62. The first-order chi connectivity index (χ1) is 6.63. The summed E-state index contributed by atoms with van der Waals surface area (Å²) < 4.78 is 4.91. The molecule has 0 unspecified atom stereocenters. The van der Waals surface area contributed by atoms with E-state index < -0.39 is 12.1 Å². The highest BCUT2D eigenvalue weighted by atomic mass is 16.5. The summed E-state index contributed by atoms with van der Waals surface area (Å²) in [6.45, 7) is 0. The van der Waals surface area contributed by atoms with Crippen LogP contribution in [0.4, 0.5) is 0 Å². The minimum Gasteiger partial charge on any atom is -0.497 e. The van der Waals surface area contributed by atoms with Crippen LogP contribution in [-0.2, 0) is 4.79 Å². The molecule has 5 heteroatoms. The van der Waals surface area contributed by atoms with Gasteiger partial charge in [0.15, 0.2) is 0 Å². The Morgan fingerprint density at radius 2 is 2.43 bits per heavy atom. The van der Waals surface area contributed by atoms with Gasteiger partial charge in [0.05, 0.1) is 19.2 Å². The van der Waals surface area contributed by atoms with Gasteiger partial charge < -0.3 is 14.9 Å². The number of rotatable bonds is 4. The molecule has 76 valence electrons. The Bertz CT molecular complexity index is 326. The summed E-state index contributed by atoms with van der Waals surface area (Å²) in [6.07, 6.45) is 0.00182. The van der Waals surface area contributed by atoms with E-state index >= 15 is 0 Å². The average molecular weight is 197 g/mol. The van der Waals surface area contributed by atoms with Crippen LogP contribution in [0, 0.1) is 0 Å². The summed E-state index contributed by atoms with van der Waals surface area (Å²) in [6, 6.07) is 3.13. The quantitative estimate of drug-likeness (QED) is 0.738. The van der Waals surface area contributed by atoms with Crippen molar-refractivity contribution < 1.29 is 19.7 Å². The molecule has 1 atom stereocenters. The molecule has 14 heavy (non-hydrogen) atoms. The van der Waals surface area contributed by atoms with Crippen LogP contribution in [0.3, 0.4) is 0 Å². The summed E-state index contributed by atoms with van der Waals surface area (Å²) in [5.74, 6) is -0.526. The molecule has 2 N–H and O–H groups in total. The topological polar surface area (TPSA) is 79.7 Å². The zero-order valence-corrected chi connectivity index (χ0v) is 7.67. The van der Waals surface area contributed by atoms with Gasteiger partial charge in [0.25, 0.3) is 0 Å². The molecule has 0 spiro atoms. The highest BCUT2D eigenvalue weighted by Crippen LogP contribution is 2.18. The molecule has 5 nitrogen and oxygen atoms in total. The number of ether oxygens (including phenoxy) is 1. The zero-order valence-electron chi connectivity index (χ0n) is 7.67. The number of aromatic nitrogens is 1. The van der Waals surface area contributed by atoms with Gasteiger partial charge in [0.1, 0.15) is 11.9 Å². The molecule has 0 amide bonds. The van der Waals surface area contributed by atoms with Crippen molar-refractivity contribution >= 4 is 5.97 Å². The summed E-state index contributed by atoms with van der Waals surface area (Å²) in [5, 5.41) is 17.9. The van der Waals surface area contributed by atoms with Crippen molar-refractivity contribution in [1.29, 1.82) is 0 Å². The molecule has 0 saturated heterocycles. The van der Waals surface area contributed by atoms with Crippen molar-refractivity contribution in [3.05, 3.63) is 24.0 Å². The lowest BCUT2D eigenvalue weighted by Crippen LogP contribution is -2.07. The lowest BCUT2D eigenvalue weighted by Gasteiger charge is -2.08. The Kier molecular flexibility index (Phi) is 3.41. The molecule has 0 radical (unpaired) electrons. The number of hydrogen-bond donors (Lipinski definition) is 2. The molecule has 0 aliphatic carbocycles. The van der Waals surface area contributed by atoms with E-state index in [-0.39, 0.29) is 6.42 Å². The number of carboxylic acids is 1. The lowest BCUT2D eigenvalue weighted by molar-refractivity contribution is -0.139. The predicted molar refractivity (Wildman–Crippen MR) is 48.0 cm³/mol. The molecule has 1 aromatic heterocycles. The maximum atomic E-state index is 10.3. The molecular weight excluding hydrogens is 186 g/mol. The molecule has 0 aliphatic heterocycles. The molecule has 0 aromatic carbocycles. The summed E-state index contributed by atoms with van der Waals surface area (Å²) in [4.78, 5) is 14.2. The smallest absolute Gasteiger partial charge is 0.306 e. The van der Waals surface area contributed by atoms with Crippen molar-refractivity contribution in [3.63, 3.8) is 0 Å². The standard InChI is InChI=1S/C9H11NO4/c1-14-6-2-3-10-7(4-6)8(11)5-9(12)13/h2-4,8,11H,5H2,1H3,(H,12,13)/t8-/m1/s1. The van der Waals surface area contributed by atoms with Crippen LogP contribution < -0.4 is 4.74 Å². The van der Waals surface area contributed by atoms with E-state index in [9.17, 15) is 9.90 Å². The van der Waals surface area contributed by atoms with Gasteiger partial charge in [-0.25, -0.2) is 0 Å². The first kappa shape index (κ1) is 10.5. The largest absolute Gasteiger partial charge is 0.497 e. The number of carboxylic acid groups (broad SMARTS) is 1. The van der Waals surface area contributed by atoms with Gasteiger partial charge in [-0.15, -0.1) is 0 Å². The molecule has 0 fully saturated rings. The lowest BCUT2D eigenvalue weighted by atomic mass is 10.1. The number of carbonyl (C=O) groups is 1. The van der Waals surface area contributed by atoms with E-state index in [1.54, 1.807) is 6.07 Å². The van der Waals surface area contributed by atoms with E-state index in [0.717, 1.165) is 0 Å². The fourth-order valence-electron chi connectivity index (χ4n) is 1.01. The predicted octanol–water partition coefficient (Wildman–Crippen LogP) is 0.598. The molecule has 1 heterocycles. The Morgan fingerprint density at radius 1 is 1.71 bits per heavy atom. The van der Waals surface area contributed by atoms with Crippen LogP contribution in [0.5, 0.6) is 5.75 Å². The number of aliphatic carboxylic acids is 1. The van der Waals surface area contributed by atoms with Gasteiger partial charge in [-0.1, -0.05) is 0 Å². The highest BCUT2D eigenvalue weighted by molar-refractivity contribution is 5.67. The first-order valence-electron chi connectivity index (χ1n) is 4.03. The number of nitrogens with zero attached hydrogens (tertiary/aromatic N) is 1. The van der Waals surface area contributed by atoms with Gasteiger partial charge >= 0.3 is 5.97 Å². The van der Waals surface area contributed by atoms with Gasteiger partial charge in [0.2, 0.25) is 0 Å². The van der Waals surface area contributed by atoms with Crippen molar-refractivity contribution in [2.45, 2.75) is 12.5 Å². The van der Waals surface area contributed by atoms with Crippen molar-refractivity contribution in [3.8, 4) is 5.75 Å². The summed E-state index contributed by atoms with van der Waals surface area (Å²) in [7, 11) is 1.49. The van der Waals surface area contributed by atoms with Crippen molar-refractivity contribution in [2.75, 3.05) is 7.11 Å². The fraction of sp³-hybridized carbons (Fsp3) is 0.333. The van der Waals surface area contributed by atoms with Gasteiger partial charge in [0, 0.05) is 12.3 Å². The van der Waals surface area contributed by atoms with E-state index in [4.69, 9.17) is 9.84 Å². The number of aliphatic hydroxyl groups is 1. The molecule has 0 saturated carbocycles. The zero-order chi connectivity index (χ0) is 10.6. The maximum Gasteiger partial charge on any atom is 0.306 e. The van der Waals surface area contributed by atoms with Crippen LogP contribution in [0.15, 0.2) is 18.3 Å². The van der Waals surface area contributed by atoms with Gasteiger partial charge in [-0.05, 0) is 6.07 Å². The molecule has 1 rings (SSSR count). The van der Waals surface area contributed by atoms with Crippen LogP contribution in [0.1, 0.15) is 18.2 Å². The number of methoxy groups -OCH3 is 1. The minimum atomic E-state index is -1.09. The molecular formula is C9H11NO4. The van der Waals surface area contributed by atoms with Crippen molar-refractivity contribution in [2.24, 2.45) is 0 Å². The monoisotopic (exact) mass is 197 g/mol. The first-order valence-corrected chi connectivity index (χ1v) is 4.03. The number of pyridine rings is 1. The second-order valence-electron chi connectivity index (χ2n) is 2.73. The third-order valence-corrected chi connectivity index (χ3v) is 1.70. The van der Waals surface area contributed by atoms with E-state index in [1.165, 1.54) is 19.4 Å². The molecule has 0 bridgehead atoms. The van der Waals surface area contributed by atoms with Crippen LogP contribution in [0.25, 0.3) is 0 Å². The number of aliphatic hydroxyl groups excluding tert-OH is 1. The second kappa shape index (κ2) is 4.57. The third kappa shape index (κ3) is 2.70.